The molecule has 0 radical (unpaired) electrons. The molecule has 1 saturated heterocycles. The summed E-state index contributed by atoms with van der Waals surface area (Å²) in [7, 11) is 1.46. The Kier molecular flexibility index (Phi) is 3.46. The number of likely N-dealkylation sites (tertiary alicyclic amines) is 1. The first-order valence-corrected chi connectivity index (χ1v) is 7.31. The molecule has 1 saturated carbocycles. The van der Waals surface area contributed by atoms with Gasteiger partial charge in [-0.15, -0.1) is 0 Å². The molecular formula is C16H22FNO2. The fourth-order valence-corrected chi connectivity index (χ4v) is 3.45. The van der Waals surface area contributed by atoms with Crippen LogP contribution in [-0.2, 0) is 6.42 Å². The van der Waals surface area contributed by atoms with Gasteiger partial charge in [0, 0.05) is 25.0 Å². The van der Waals surface area contributed by atoms with Gasteiger partial charge in [-0.2, -0.15) is 0 Å². The Balaban J connectivity index is 1.72. The van der Waals surface area contributed by atoms with Crippen molar-refractivity contribution in [3.63, 3.8) is 0 Å². The molecule has 3 rings (SSSR count). The molecule has 4 heteroatoms. The molecule has 2 atom stereocenters. The lowest BCUT2D eigenvalue weighted by Gasteiger charge is -2.24. The van der Waals surface area contributed by atoms with E-state index in [9.17, 15) is 9.50 Å². The quantitative estimate of drug-likeness (QED) is 0.918. The molecular weight excluding hydrogens is 257 g/mol. The summed E-state index contributed by atoms with van der Waals surface area (Å²) in [5.74, 6) is -0.112. The molecule has 1 heterocycles. The van der Waals surface area contributed by atoms with E-state index in [2.05, 4.69) is 11.8 Å². The minimum Gasteiger partial charge on any atom is -0.494 e. The number of β-amino-alcohol motifs (C(OH)–C–C–N with tert-alkyl or cyclic N) is 1. The van der Waals surface area contributed by atoms with Crippen LogP contribution >= 0.6 is 0 Å². The Morgan fingerprint density at radius 1 is 1.45 bits per heavy atom. The number of nitrogens with zero attached hydrogens (tertiary/aromatic N) is 1. The van der Waals surface area contributed by atoms with E-state index in [1.807, 2.05) is 6.07 Å². The third-order valence-electron chi connectivity index (χ3n) is 4.48. The summed E-state index contributed by atoms with van der Waals surface area (Å²) in [4.78, 5) is 2.40. The monoisotopic (exact) mass is 279 g/mol. The van der Waals surface area contributed by atoms with Gasteiger partial charge in [0.25, 0.3) is 0 Å². The Hall–Kier alpha value is -1.13. The third-order valence-corrected chi connectivity index (χ3v) is 4.48. The third kappa shape index (κ3) is 2.67. The molecule has 3 nitrogen and oxygen atoms in total. The van der Waals surface area contributed by atoms with E-state index < -0.39 is 5.60 Å². The maximum atomic E-state index is 13.7. The van der Waals surface area contributed by atoms with Gasteiger partial charge >= 0.3 is 0 Å². The number of hydrogen-bond donors (Lipinski definition) is 1. The van der Waals surface area contributed by atoms with Gasteiger partial charge in [0.2, 0.25) is 0 Å². The Labute approximate surface area is 119 Å². The molecule has 0 amide bonds. The second-order valence-electron chi connectivity index (χ2n) is 6.33. The molecule has 0 aromatic heterocycles. The molecule has 2 fully saturated rings. The van der Waals surface area contributed by atoms with Crippen molar-refractivity contribution in [3.8, 4) is 5.75 Å². The van der Waals surface area contributed by atoms with Crippen molar-refractivity contribution in [2.75, 3.05) is 13.7 Å². The van der Waals surface area contributed by atoms with Gasteiger partial charge in [-0.25, -0.2) is 4.39 Å². The molecule has 110 valence electrons. The summed E-state index contributed by atoms with van der Waals surface area (Å²) < 4.78 is 18.6. The summed E-state index contributed by atoms with van der Waals surface area (Å²) in [5.41, 5.74) is 0.0962. The number of ether oxygens (including phenoxy) is 1. The smallest absolute Gasteiger partial charge is 0.165 e. The first-order valence-electron chi connectivity index (χ1n) is 7.31. The van der Waals surface area contributed by atoms with Crippen LogP contribution in [0.1, 0.15) is 31.7 Å². The maximum absolute atomic E-state index is 13.7. The van der Waals surface area contributed by atoms with Crippen molar-refractivity contribution in [2.45, 2.75) is 50.3 Å². The molecule has 0 bridgehead atoms. The second-order valence-corrected chi connectivity index (χ2v) is 6.33. The van der Waals surface area contributed by atoms with Crippen molar-refractivity contribution in [1.29, 1.82) is 0 Å². The number of aliphatic hydroxyl groups is 1. The maximum Gasteiger partial charge on any atom is 0.165 e. The highest BCUT2D eigenvalue weighted by atomic mass is 19.1. The predicted octanol–water partition coefficient (Wildman–Crippen LogP) is 2.36. The van der Waals surface area contributed by atoms with E-state index in [1.54, 1.807) is 6.07 Å². The molecule has 1 N–H and O–H groups in total. The number of halogens is 1. The molecule has 1 aliphatic heterocycles. The van der Waals surface area contributed by atoms with E-state index in [0.29, 0.717) is 25.0 Å². The lowest BCUT2D eigenvalue weighted by Crippen LogP contribution is -2.36. The minimum absolute atomic E-state index is 0.250. The van der Waals surface area contributed by atoms with Crippen molar-refractivity contribution in [2.24, 2.45) is 0 Å². The topological polar surface area (TPSA) is 32.7 Å². The summed E-state index contributed by atoms with van der Waals surface area (Å²) >= 11 is 0. The van der Waals surface area contributed by atoms with Crippen LogP contribution in [0.5, 0.6) is 5.75 Å². The van der Waals surface area contributed by atoms with Crippen LogP contribution in [-0.4, -0.2) is 41.3 Å². The average molecular weight is 279 g/mol. The average Bonchev–Trinajstić information content (AvgIpc) is 3.16. The number of methoxy groups -OCH3 is 1. The van der Waals surface area contributed by atoms with Gasteiger partial charge in [-0.3, -0.25) is 4.90 Å². The fraction of sp³-hybridized carbons (Fsp3) is 0.625. The summed E-state index contributed by atoms with van der Waals surface area (Å²) in [5, 5.41) is 10.8. The largest absolute Gasteiger partial charge is 0.494 e. The van der Waals surface area contributed by atoms with Crippen molar-refractivity contribution < 1.29 is 14.2 Å². The fourth-order valence-electron chi connectivity index (χ4n) is 3.45. The Morgan fingerprint density at radius 3 is 2.80 bits per heavy atom. The number of rotatable bonds is 4. The van der Waals surface area contributed by atoms with Gasteiger partial charge in [-0.1, -0.05) is 6.07 Å². The zero-order chi connectivity index (χ0) is 14.3. The summed E-state index contributed by atoms with van der Waals surface area (Å²) in [6.45, 7) is 2.87. The SMILES string of the molecule is COc1ccc(CC2(O)CC(C)N(C3CC3)C2)cc1F. The van der Waals surface area contributed by atoms with E-state index >= 15 is 0 Å². The van der Waals surface area contributed by atoms with Crippen LogP contribution in [0.25, 0.3) is 0 Å². The standard InChI is InChI=1S/C16H22FNO2/c1-11-8-16(19,10-18(11)13-4-5-13)9-12-3-6-15(20-2)14(17)7-12/h3,6-7,11,13,19H,4-5,8-10H2,1-2H3. The second kappa shape index (κ2) is 5.01. The molecule has 1 aliphatic carbocycles. The van der Waals surface area contributed by atoms with Crippen LogP contribution in [0, 0.1) is 5.82 Å². The molecule has 0 spiro atoms. The van der Waals surface area contributed by atoms with Crippen LogP contribution < -0.4 is 4.74 Å². The summed E-state index contributed by atoms with van der Waals surface area (Å²) in [6.07, 6.45) is 3.76. The zero-order valence-corrected chi connectivity index (χ0v) is 12.1. The number of benzene rings is 1. The first kappa shape index (κ1) is 13.8. The van der Waals surface area contributed by atoms with E-state index in [0.717, 1.165) is 12.0 Å². The van der Waals surface area contributed by atoms with Gasteiger partial charge in [0.15, 0.2) is 11.6 Å². The Morgan fingerprint density at radius 2 is 2.20 bits per heavy atom. The molecule has 2 unspecified atom stereocenters. The highest BCUT2D eigenvalue weighted by Gasteiger charge is 2.45. The molecule has 1 aromatic carbocycles. The van der Waals surface area contributed by atoms with Crippen LogP contribution in [0.3, 0.4) is 0 Å². The molecule has 2 aliphatic rings. The summed E-state index contributed by atoms with van der Waals surface area (Å²) in [6, 6.07) is 6.01. The van der Waals surface area contributed by atoms with E-state index in [-0.39, 0.29) is 11.6 Å². The number of hydrogen-bond acceptors (Lipinski definition) is 3. The van der Waals surface area contributed by atoms with Crippen LogP contribution in [0.4, 0.5) is 4.39 Å². The first-order chi connectivity index (χ1) is 9.50. The van der Waals surface area contributed by atoms with Crippen LogP contribution in [0.15, 0.2) is 18.2 Å². The van der Waals surface area contributed by atoms with Gasteiger partial charge in [-0.05, 0) is 43.9 Å². The highest BCUT2D eigenvalue weighted by Crippen LogP contribution is 2.38. The minimum atomic E-state index is -0.733. The lowest BCUT2D eigenvalue weighted by molar-refractivity contribution is 0.0486. The highest BCUT2D eigenvalue weighted by molar-refractivity contribution is 5.30. The Bertz CT molecular complexity index is 503. The van der Waals surface area contributed by atoms with Crippen molar-refractivity contribution in [1.82, 2.24) is 4.90 Å². The van der Waals surface area contributed by atoms with Gasteiger partial charge in [0.05, 0.1) is 12.7 Å². The lowest BCUT2D eigenvalue weighted by atomic mass is 9.92. The van der Waals surface area contributed by atoms with E-state index in [1.165, 1.54) is 26.0 Å². The van der Waals surface area contributed by atoms with Crippen molar-refractivity contribution >= 4 is 0 Å². The predicted molar refractivity (Wildman–Crippen MR) is 75.4 cm³/mol. The van der Waals surface area contributed by atoms with Crippen LogP contribution in [0.2, 0.25) is 0 Å². The molecule has 1 aromatic rings. The van der Waals surface area contributed by atoms with Crippen molar-refractivity contribution in [3.05, 3.63) is 29.6 Å². The zero-order valence-electron chi connectivity index (χ0n) is 12.1. The van der Waals surface area contributed by atoms with Gasteiger partial charge < -0.3 is 9.84 Å². The normalized spacial score (nSPS) is 30.7. The van der Waals surface area contributed by atoms with E-state index in [4.69, 9.17) is 4.74 Å². The molecule has 20 heavy (non-hydrogen) atoms. The van der Waals surface area contributed by atoms with Gasteiger partial charge in [0.1, 0.15) is 0 Å².